The zero-order valence-electron chi connectivity index (χ0n) is 10.7. The Morgan fingerprint density at radius 1 is 1.25 bits per heavy atom. The SMILES string of the molecule is CCCOC1C(Cl)CC1OCC(C)CCC. The smallest absolute Gasteiger partial charge is 0.100 e. The maximum Gasteiger partial charge on any atom is 0.100 e. The molecule has 4 atom stereocenters. The molecular weight excluding hydrogens is 224 g/mol. The van der Waals surface area contributed by atoms with Crippen molar-refractivity contribution in [3.05, 3.63) is 0 Å². The van der Waals surface area contributed by atoms with Gasteiger partial charge in [-0.3, -0.25) is 0 Å². The summed E-state index contributed by atoms with van der Waals surface area (Å²) in [5.41, 5.74) is 0. The zero-order chi connectivity index (χ0) is 12.0. The van der Waals surface area contributed by atoms with Crippen molar-refractivity contribution in [3.63, 3.8) is 0 Å². The molecular formula is C13H25ClO2. The third kappa shape index (κ3) is 4.23. The van der Waals surface area contributed by atoms with Gasteiger partial charge in [0, 0.05) is 13.2 Å². The molecule has 0 radical (unpaired) electrons. The molecule has 0 aliphatic heterocycles. The van der Waals surface area contributed by atoms with E-state index in [0.29, 0.717) is 5.92 Å². The highest BCUT2D eigenvalue weighted by molar-refractivity contribution is 6.21. The van der Waals surface area contributed by atoms with Crippen molar-refractivity contribution in [2.24, 2.45) is 5.92 Å². The molecule has 0 amide bonds. The molecule has 1 rings (SSSR count). The maximum absolute atomic E-state index is 6.12. The van der Waals surface area contributed by atoms with E-state index in [4.69, 9.17) is 21.1 Å². The lowest BCUT2D eigenvalue weighted by atomic mass is 9.90. The van der Waals surface area contributed by atoms with Gasteiger partial charge in [0.1, 0.15) is 6.10 Å². The highest BCUT2D eigenvalue weighted by Gasteiger charge is 2.41. The maximum atomic E-state index is 6.12. The van der Waals surface area contributed by atoms with Crippen LogP contribution in [0.1, 0.15) is 46.5 Å². The fraction of sp³-hybridized carbons (Fsp3) is 1.00. The minimum absolute atomic E-state index is 0.121. The number of hydrogen-bond acceptors (Lipinski definition) is 2. The summed E-state index contributed by atoms with van der Waals surface area (Å²) in [5, 5.41) is 0.151. The normalized spacial score (nSPS) is 31.1. The molecule has 2 nitrogen and oxygen atoms in total. The number of halogens is 1. The molecule has 4 unspecified atom stereocenters. The van der Waals surface area contributed by atoms with E-state index in [2.05, 4.69) is 20.8 Å². The molecule has 0 bridgehead atoms. The van der Waals surface area contributed by atoms with Crippen LogP contribution in [0.15, 0.2) is 0 Å². The summed E-state index contributed by atoms with van der Waals surface area (Å²) in [6.45, 7) is 8.19. The standard InChI is InChI=1S/C13H25ClO2/c1-4-6-10(3)9-16-12-8-11(14)13(12)15-7-5-2/h10-13H,4-9H2,1-3H3. The highest BCUT2D eigenvalue weighted by atomic mass is 35.5. The van der Waals surface area contributed by atoms with Crippen molar-refractivity contribution < 1.29 is 9.47 Å². The monoisotopic (exact) mass is 248 g/mol. The summed E-state index contributed by atoms with van der Waals surface area (Å²) in [6.07, 6.45) is 4.79. The average Bonchev–Trinajstić information content (AvgIpc) is 2.24. The predicted octanol–water partition coefficient (Wildman–Crippen LogP) is 3.61. The van der Waals surface area contributed by atoms with Crippen LogP contribution in [0.5, 0.6) is 0 Å². The molecule has 1 fully saturated rings. The summed E-state index contributed by atoms with van der Waals surface area (Å²) >= 11 is 6.12. The quantitative estimate of drug-likeness (QED) is 0.611. The van der Waals surface area contributed by atoms with Gasteiger partial charge in [0.25, 0.3) is 0 Å². The summed E-state index contributed by atoms with van der Waals surface area (Å²) < 4.78 is 11.6. The van der Waals surface area contributed by atoms with Gasteiger partial charge in [-0.2, -0.15) is 0 Å². The molecule has 1 saturated carbocycles. The van der Waals surface area contributed by atoms with Crippen LogP contribution < -0.4 is 0 Å². The van der Waals surface area contributed by atoms with E-state index in [1.165, 1.54) is 12.8 Å². The van der Waals surface area contributed by atoms with Crippen LogP contribution in [-0.2, 0) is 9.47 Å². The second-order valence-corrected chi connectivity index (χ2v) is 5.41. The van der Waals surface area contributed by atoms with E-state index < -0.39 is 0 Å². The summed E-state index contributed by atoms with van der Waals surface area (Å²) in [7, 11) is 0. The second-order valence-electron chi connectivity index (χ2n) is 4.85. The summed E-state index contributed by atoms with van der Waals surface area (Å²) in [4.78, 5) is 0. The molecule has 1 aliphatic carbocycles. The number of alkyl halides is 1. The van der Waals surface area contributed by atoms with Crippen molar-refractivity contribution in [3.8, 4) is 0 Å². The Balaban J connectivity index is 2.16. The van der Waals surface area contributed by atoms with E-state index in [0.717, 1.165) is 26.1 Å². The molecule has 1 aliphatic rings. The van der Waals surface area contributed by atoms with E-state index in [1.54, 1.807) is 0 Å². The van der Waals surface area contributed by atoms with E-state index in [-0.39, 0.29) is 17.6 Å². The molecule has 16 heavy (non-hydrogen) atoms. The molecule has 0 spiro atoms. The molecule has 3 heteroatoms. The van der Waals surface area contributed by atoms with Gasteiger partial charge in [-0.15, -0.1) is 11.6 Å². The fourth-order valence-corrected chi connectivity index (χ4v) is 2.43. The Morgan fingerprint density at radius 2 is 2.00 bits per heavy atom. The Kier molecular flexibility index (Phi) is 6.71. The Bertz CT molecular complexity index is 187. The minimum Gasteiger partial charge on any atom is -0.375 e. The molecule has 0 heterocycles. The van der Waals surface area contributed by atoms with E-state index in [1.807, 2.05) is 0 Å². The van der Waals surface area contributed by atoms with Crippen LogP contribution in [0.2, 0.25) is 0 Å². The van der Waals surface area contributed by atoms with Crippen molar-refractivity contribution in [1.29, 1.82) is 0 Å². The van der Waals surface area contributed by atoms with Gasteiger partial charge >= 0.3 is 0 Å². The highest BCUT2D eigenvalue weighted by Crippen LogP contribution is 2.32. The Hall–Kier alpha value is 0.210. The lowest BCUT2D eigenvalue weighted by Gasteiger charge is -2.41. The first-order chi connectivity index (χ1) is 7.69. The van der Waals surface area contributed by atoms with Crippen molar-refractivity contribution in [1.82, 2.24) is 0 Å². The zero-order valence-corrected chi connectivity index (χ0v) is 11.5. The molecule has 0 saturated heterocycles. The van der Waals surface area contributed by atoms with Crippen LogP contribution in [0, 0.1) is 5.92 Å². The lowest BCUT2D eigenvalue weighted by Crippen LogP contribution is -2.51. The van der Waals surface area contributed by atoms with Crippen LogP contribution in [0.4, 0.5) is 0 Å². The first-order valence-electron chi connectivity index (χ1n) is 6.56. The van der Waals surface area contributed by atoms with Gasteiger partial charge in [0.2, 0.25) is 0 Å². The molecule has 96 valence electrons. The van der Waals surface area contributed by atoms with Gasteiger partial charge in [0.05, 0.1) is 11.5 Å². The Labute approximate surface area is 105 Å². The van der Waals surface area contributed by atoms with Crippen molar-refractivity contribution in [2.75, 3.05) is 13.2 Å². The van der Waals surface area contributed by atoms with E-state index >= 15 is 0 Å². The number of hydrogen-bond donors (Lipinski definition) is 0. The second kappa shape index (κ2) is 7.52. The molecule has 0 N–H and O–H groups in total. The largest absolute Gasteiger partial charge is 0.375 e. The third-order valence-corrected chi connectivity index (χ3v) is 3.50. The Morgan fingerprint density at radius 3 is 2.56 bits per heavy atom. The van der Waals surface area contributed by atoms with Crippen LogP contribution >= 0.6 is 11.6 Å². The number of rotatable bonds is 8. The van der Waals surface area contributed by atoms with Gasteiger partial charge in [-0.1, -0.05) is 27.2 Å². The van der Waals surface area contributed by atoms with Gasteiger partial charge in [-0.25, -0.2) is 0 Å². The lowest BCUT2D eigenvalue weighted by molar-refractivity contribution is -0.129. The fourth-order valence-electron chi connectivity index (χ4n) is 2.02. The molecule has 0 aromatic rings. The summed E-state index contributed by atoms with van der Waals surface area (Å²) in [6, 6.07) is 0. The first kappa shape index (κ1) is 14.3. The van der Waals surface area contributed by atoms with Crippen LogP contribution in [0.3, 0.4) is 0 Å². The average molecular weight is 249 g/mol. The topological polar surface area (TPSA) is 18.5 Å². The van der Waals surface area contributed by atoms with Crippen LogP contribution in [0.25, 0.3) is 0 Å². The number of ether oxygens (including phenoxy) is 2. The van der Waals surface area contributed by atoms with Crippen LogP contribution in [-0.4, -0.2) is 30.8 Å². The van der Waals surface area contributed by atoms with Gasteiger partial charge in [0.15, 0.2) is 0 Å². The van der Waals surface area contributed by atoms with Crippen molar-refractivity contribution in [2.45, 2.75) is 64.0 Å². The van der Waals surface area contributed by atoms with Crippen molar-refractivity contribution >= 4 is 11.6 Å². The third-order valence-electron chi connectivity index (χ3n) is 3.07. The molecule has 0 aromatic carbocycles. The minimum atomic E-state index is 0.121. The predicted molar refractivity (Wildman–Crippen MR) is 68.1 cm³/mol. The van der Waals surface area contributed by atoms with Gasteiger partial charge in [-0.05, 0) is 25.2 Å². The van der Waals surface area contributed by atoms with Gasteiger partial charge < -0.3 is 9.47 Å². The van der Waals surface area contributed by atoms with E-state index in [9.17, 15) is 0 Å². The first-order valence-corrected chi connectivity index (χ1v) is 6.99. The molecule has 0 aromatic heterocycles. The summed E-state index contributed by atoms with van der Waals surface area (Å²) in [5.74, 6) is 0.645.